The van der Waals surface area contributed by atoms with Crippen LogP contribution in [0.3, 0.4) is 0 Å². The smallest absolute Gasteiger partial charge is 0.267 e. The quantitative estimate of drug-likeness (QED) is 0.499. The summed E-state index contributed by atoms with van der Waals surface area (Å²) in [5, 5.41) is 3.65. The van der Waals surface area contributed by atoms with E-state index in [2.05, 4.69) is 10.3 Å². The number of fused-ring (bicyclic) bond motifs is 1. The van der Waals surface area contributed by atoms with Gasteiger partial charge in [0.25, 0.3) is 15.9 Å². The van der Waals surface area contributed by atoms with Gasteiger partial charge in [-0.05, 0) is 61.4 Å². The van der Waals surface area contributed by atoms with Crippen LogP contribution in [0.1, 0.15) is 27.2 Å². The Morgan fingerprint density at radius 3 is 2.65 bits per heavy atom. The highest BCUT2D eigenvalue weighted by Gasteiger charge is 2.19. The first-order chi connectivity index (χ1) is 14.7. The fraction of sp³-hybridized carbons (Fsp3) is 0.182. The Hall–Kier alpha value is -3.59. The maximum Gasteiger partial charge on any atom is 0.267 e. The Morgan fingerprint density at radius 1 is 1.13 bits per heavy atom. The molecule has 1 amide bonds. The molecule has 4 rings (SSSR count). The molecule has 0 aliphatic heterocycles. The van der Waals surface area contributed by atoms with Crippen molar-refractivity contribution in [1.29, 1.82) is 0 Å². The molecule has 0 saturated heterocycles. The first-order valence-corrected chi connectivity index (χ1v) is 11.1. The maximum absolute atomic E-state index is 13.0. The van der Waals surface area contributed by atoms with E-state index in [-0.39, 0.29) is 22.9 Å². The fourth-order valence-corrected chi connectivity index (χ4v) is 4.86. The Bertz CT molecular complexity index is 1390. The predicted molar refractivity (Wildman–Crippen MR) is 119 cm³/mol. The maximum atomic E-state index is 13.0. The average molecular weight is 438 g/mol. The topological polar surface area (TPSA) is 112 Å². The molecule has 4 aromatic rings. The van der Waals surface area contributed by atoms with E-state index in [4.69, 9.17) is 5.73 Å². The number of carbonyl (C=O) groups is 1. The lowest BCUT2D eigenvalue weighted by Crippen LogP contribution is -2.24. The van der Waals surface area contributed by atoms with Crippen LogP contribution in [0.25, 0.3) is 10.9 Å². The van der Waals surface area contributed by atoms with Crippen molar-refractivity contribution < 1.29 is 13.2 Å². The number of aryl methyl sites for hydroxylation is 3. The fourth-order valence-electron chi connectivity index (χ4n) is 3.63. The van der Waals surface area contributed by atoms with E-state index in [0.717, 1.165) is 31.7 Å². The van der Waals surface area contributed by atoms with Crippen LogP contribution < -0.4 is 11.1 Å². The van der Waals surface area contributed by atoms with Crippen LogP contribution >= 0.6 is 0 Å². The summed E-state index contributed by atoms with van der Waals surface area (Å²) in [6, 6.07) is 10.1. The third-order valence-electron chi connectivity index (χ3n) is 5.36. The molecule has 9 heteroatoms. The van der Waals surface area contributed by atoms with Crippen LogP contribution in [0.5, 0.6) is 0 Å². The molecular formula is C22H23N5O3S. The van der Waals surface area contributed by atoms with E-state index in [1.807, 2.05) is 37.7 Å². The Kier molecular flexibility index (Phi) is 5.06. The van der Waals surface area contributed by atoms with E-state index < -0.39 is 10.0 Å². The Morgan fingerprint density at radius 2 is 1.90 bits per heavy atom. The number of nitrogens with one attached hydrogen (secondary N) is 1. The lowest BCUT2D eigenvalue weighted by molar-refractivity contribution is 0.0951. The van der Waals surface area contributed by atoms with Crippen molar-refractivity contribution in [2.45, 2.75) is 25.3 Å². The zero-order valence-electron chi connectivity index (χ0n) is 17.5. The summed E-state index contributed by atoms with van der Waals surface area (Å²) in [6.45, 7) is 4.00. The number of aromatic nitrogens is 3. The van der Waals surface area contributed by atoms with E-state index in [9.17, 15) is 13.2 Å². The van der Waals surface area contributed by atoms with E-state index in [0.29, 0.717) is 5.82 Å². The van der Waals surface area contributed by atoms with E-state index >= 15 is 0 Å². The van der Waals surface area contributed by atoms with Crippen LogP contribution in [-0.4, -0.2) is 27.8 Å². The van der Waals surface area contributed by atoms with Gasteiger partial charge < -0.3 is 15.6 Å². The normalized spacial score (nSPS) is 11.7. The largest absolute Gasteiger partial charge is 0.384 e. The number of hydrogen-bond donors (Lipinski definition) is 2. The van der Waals surface area contributed by atoms with Gasteiger partial charge in [0, 0.05) is 48.8 Å². The number of rotatable bonds is 5. The van der Waals surface area contributed by atoms with E-state index in [1.165, 1.54) is 18.5 Å². The molecular weight excluding hydrogens is 414 g/mol. The van der Waals surface area contributed by atoms with Crippen molar-refractivity contribution in [3.05, 3.63) is 77.4 Å². The number of carbonyl (C=O) groups excluding carboxylic acids is 1. The lowest BCUT2D eigenvalue weighted by Gasteiger charge is -2.11. The summed E-state index contributed by atoms with van der Waals surface area (Å²) in [6.07, 6.45) is 4.57. The molecule has 0 unspecified atom stereocenters. The van der Waals surface area contributed by atoms with Gasteiger partial charge in [-0.1, -0.05) is 0 Å². The second kappa shape index (κ2) is 7.59. The molecule has 3 aromatic heterocycles. The predicted octanol–water partition coefficient (Wildman–Crippen LogP) is 2.74. The van der Waals surface area contributed by atoms with Gasteiger partial charge in [0.15, 0.2) is 0 Å². The van der Waals surface area contributed by atoms with Gasteiger partial charge in [-0.3, -0.25) is 4.79 Å². The zero-order chi connectivity index (χ0) is 22.3. The van der Waals surface area contributed by atoms with Gasteiger partial charge in [0.2, 0.25) is 0 Å². The van der Waals surface area contributed by atoms with Crippen molar-refractivity contribution >= 4 is 32.7 Å². The molecule has 0 radical (unpaired) electrons. The number of anilines is 1. The lowest BCUT2D eigenvalue weighted by atomic mass is 10.1. The number of nitrogen functional groups attached to an aromatic ring is 1. The molecule has 0 atom stereocenters. The van der Waals surface area contributed by atoms with Crippen LogP contribution in [0.2, 0.25) is 0 Å². The van der Waals surface area contributed by atoms with Gasteiger partial charge in [0.1, 0.15) is 5.82 Å². The molecule has 0 saturated carbocycles. The molecule has 160 valence electrons. The highest BCUT2D eigenvalue weighted by Crippen LogP contribution is 2.22. The Balaban J connectivity index is 1.54. The van der Waals surface area contributed by atoms with Crippen LogP contribution in [-0.2, 0) is 23.6 Å². The average Bonchev–Trinajstić information content (AvgIpc) is 3.35. The first kappa shape index (κ1) is 20.7. The number of amides is 1. The molecule has 8 nitrogen and oxygen atoms in total. The summed E-state index contributed by atoms with van der Waals surface area (Å²) in [5.74, 6) is 0.0594. The third kappa shape index (κ3) is 3.79. The molecule has 1 aromatic carbocycles. The van der Waals surface area contributed by atoms with Crippen molar-refractivity contribution in [1.82, 2.24) is 18.8 Å². The third-order valence-corrected chi connectivity index (χ3v) is 6.99. The minimum absolute atomic E-state index is 0.160. The summed E-state index contributed by atoms with van der Waals surface area (Å²) < 4.78 is 29.0. The molecule has 0 aliphatic rings. The van der Waals surface area contributed by atoms with Crippen molar-refractivity contribution in [3.8, 4) is 0 Å². The summed E-state index contributed by atoms with van der Waals surface area (Å²) >= 11 is 0. The van der Waals surface area contributed by atoms with Gasteiger partial charge in [-0.2, -0.15) is 0 Å². The molecule has 0 spiro atoms. The molecule has 3 N–H and O–H groups in total. The molecule has 31 heavy (non-hydrogen) atoms. The summed E-state index contributed by atoms with van der Waals surface area (Å²) in [5.41, 5.74) is 9.49. The monoisotopic (exact) mass is 437 g/mol. The van der Waals surface area contributed by atoms with Gasteiger partial charge >= 0.3 is 0 Å². The highest BCUT2D eigenvalue weighted by atomic mass is 32.2. The second-order valence-electron chi connectivity index (χ2n) is 7.49. The van der Waals surface area contributed by atoms with E-state index in [1.54, 1.807) is 24.3 Å². The summed E-state index contributed by atoms with van der Waals surface area (Å²) in [7, 11) is -1.92. The second-order valence-corrected chi connectivity index (χ2v) is 9.34. The minimum atomic E-state index is -3.82. The van der Waals surface area contributed by atoms with Crippen LogP contribution in [0.4, 0.5) is 5.82 Å². The number of hydrogen-bond acceptors (Lipinski definition) is 5. The highest BCUT2D eigenvalue weighted by molar-refractivity contribution is 7.90. The van der Waals surface area contributed by atoms with Crippen molar-refractivity contribution in [3.63, 3.8) is 0 Å². The molecule has 0 aliphatic carbocycles. The van der Waals surface area contributed by atoms with Crippen LogP contribution in [0.15, 0.2) is 59.9 Å². The summed E-state index contributed by atoms with van der Waals surface area (Å²) in [4.78, 5) is 17.0. The SMILES string of the molecule is Cc1cc(N)nc(C)c1CNC(=O)c1ccn(S(=O)(=O)c2ccc3c(ccn3C)c2)c1. The van der Waals surface area contributed by atoms with Gasteiger partial charge in [-0.15, -0.1) is 0 Å². The van der Waals surface area contributed by atoms with Crippen LogP contribution in [0, 0.1) is 13.8 Å². The number of pyridine rings is 1. The first-order valence-electron chi connectivity index (χ1n) is 9.66. The van der Waals surface area contributed by atoms with Gasteiger partial charge in [0.05, 0.1) is 10.5 Å². The number of nitrogens with two attached hydrogens (primary N) is 1. The Labute approximate surface area is 180 Å². The molecule has 0 fully saturated rings. The zero-order valence-corrected chi connectivity index (χ0v) is 18.3. The standard InChI is InChI=1S/C22H23N5O3S/c1-14-10-21(23)25-15(2)19(14)12-24-22(28)17-7-9-27(13-17)31(29,30)18-4-5-20-16(11-18)6-8-26(20)3/h4-11,13H,12H2,1-3H3,(H2,23,25)(H,24,28). The van der Waals surface area contributed by atoms with Gasteiger partial charge in [-0.25, -0.2) is 17.4 Å². The molecule has 3 heterocycles. The minimum Gasteiger partial charge on any atom is -0.384 e. The van der Waals surface area contributed by atoms with Crippen molar-refractivity contribution in [2.75, 3.05) is 5.73 Å². The number of nitrogens with zero attached hydrogens (tertiary/aromatic N) is 3. The molecule has 0 bridgehead atoms. The van der Waals surface area contributed by atoms with Crippen molar-refractivity contribution in [2.24, 2.45) is 7.05 Å². The number of benzene rings is 1.